The molecule has 0 atom stereocenters. The summed E-state index contributed by atoms with van der Waals surface area (Å²) in [5.74, 6) is 0.100. The minimum Gasteiger partial charge on any atom is -0.383 e. The number of methoxy groups -OCH3 is 1. The summed E-state index contributed by atoms with van der Waals surface area (Å²) < 4.78 is 8.18. The first kappa shape index (κ1) is 13.0. The van der Waals surface area contributed by atoms with Gasteiger partial charge in [0.2, 0.25) is 12.1 Å². The molecule has 0 fully saturated rings. The standard InChI is InChI=1S/C10H14N6O3/c1-14-7-11-9(16(17)18)10(14)13-8-5-12-15(6-8)3-4-19-2/h5-7,13H,3-4H2,1-2H3. The van der Waals surface area contributed by atoms with Gasteiger partial charge in [-0.2, -0.15) is 5.10 Å². The van der Waals surface area contributed by atoms with E-state index < -0.39 is 4.92 Å². The quantitative estimate of drug-likeness (QED) is 0.616. The number of anilines is 2. The number of hydrogen-bond acceptors (Lipinski definition) is 6. The third kappa shape index (κ3) is 2.88. The molecule has 9 nitrogen and oxygen atoms in total. The molecule has 0 unspecified atom stereocenters. The van der Waals surface area contributed by atoms with E-state index in [1.807, 2.05) is 0 Å². The Morgan fingerprint density at radius 2 is 2.37 bits per heavy atom. The van der Waals surface area contributed by atoms with Crippen LogP contribution in [-0.2, 0) is 18.3 Å². The van der Waals surface area contributed by atoms with Crippen LogP contribution in [0.2, 0.25) is 0 Å². The summed E-state index contributed by atoms with van der Waals surface area (Å²) in [7, 11) is 3.29. The van der Waals surface area contributed by atoms with Gasteiger partial charge in [-0.3, -0.25) is 9.25 Å². The van der Waals surface area contributed by atoms with Gasteiger partial charge in [-0.15, -0.1) is 0 Å². The van der Waals surface area contributed by atoms with Crippen molar-refractivity contribution in [2.45, 2.75) is 6.54 Å². The van der Waals surface area contributed by atoms with Crippen LogP contribution in [-0.4, -0.2) is 38.0 Å². The van der Waals surface area contributed by atoms with Gasteiger partial charge in [0, 0.05) is 20.4 Å². The molecule has 0 spiro atoms. The van der Waals surface area contributed by atoms with Crippen molar-refractivity contribution >= 4 is 17.3 Å². The molecule has 102 valence electrons. The first-order valence-electron chi connectivity index (χ1n) is 5.56. The zero-order valence-electron chi connectivity index (χ0n) is 10.6. The minimum absolute atomic E-state index is 0.216. The lowest BCUT2D eigenvalue weighted by molar-refractivity contribution is -0.388. The number of nitrogens with one attached hydrogen (secondary N) is 1. The maximum Gasteiger partial charge on any atom is 0.406 e. The van der Waals surface area contributed by atoms with Gasteiger partial charge < -0.3 is 20.2 Å². The summed E-state index contributed by atoms with van der Waals surface area (Å²) >= 11 is 0. The molecule has 0 aromatic carbocycles. The van der Waals surface area contributed by atoms with Crippen molar-refractivity contribution in [3.8, 4) is 0 Å². The number of nitrogens with zero attached hydrogens (tertiary/aromatic N) is 5. The number of imidazole rings is 1. The third-order valence-electron chi connectivity index (χ3n) is 2.51. The Balaban J connectivity index is 2.15. The summed E-state index contributed by atoms with van der Waals surface area (Å²) in [4.78, 5) is 14.0. The number of aromatic nitrogens is 4. The molecule has 0 bridgehead atoms. The molecule has 9 heteroatoms. The van der Waals surface area contributed by atoms with Crippen molar-refractivity contribution in [2.24, 2.45) is 7.05 Å². The van der Waals surface area contributed by atoms with Crippen molar-refractivity contribution in [1.29, 1.82) is 0 Å². The van der Waals surface area contributed by atoms with Crippen LogP contribution in [0.25, 0.3) is 0 Å². The van der Waals surface area contributed by atoms with Crippen LogP contribution in [0.4, 0.5) is 17.3 Å². The second-order valence-corrected chi connectivity index (χ2v) is 3.89. The van der Waals surface area contributed by atoms with Crippen molar-refractivity contribution in [3.05, 3.63) is 28.8 Å². The fraction of sp³-hybridized carbons (Fsp3) is 0.400. The molecule has 0 aliphatic carbocycles. The molecule has 2 heterocycles. The Bertz CT molecular complexity index is 576. The molecule has 0 saturated carbocycles. The maximum atomic E-state index is 10.8. The van der Waals surface area contributed by atoms with E-state index in [0.717, 1.165) is 0 Å². The lowest BCUT2D eigenvalue weighted by Crippen LogP contribution is -2.04. The van der Waals surface area contributed by atoms with E-state index in [9.17, 15) is 10.1 Å². The third-order valence-corrected chi connectivity index (χ3v) is 2.51. The number of hydrogen-bond donors (Lipinski definition) is 1. The monoisotopic (exact) mass is 266 g/mol. The van der Waals surface area contributed by atoms with Crippen LogP contribution in [0.1, 0.15) is 0 Å². The Hall–Kier alpha value is -2.42. The van der Waals surface area contributed by atoms with Crippen molar-refractivity contribution in [2.75, 3.05) is 19.0 Å². The Labute approximate surface area is 109 Å². The van der Waals surface area contributed by atoms with Crippen molar-refractivity contribution in [3.63, 3.8) is 0 Å². The van der Waals surface area contributed by atoms with E-state index in [4.69, 9.17) is 4.74 Å². The smallest absolute Gasteiger partial charge is 0.383 e. The van der Waals surface area contributed by atoms with Crippen LogP contribution in [0.3, 0.4) is 0 Å². The molecular weight excluding hydrogens is 252 g/mol. The zero-order chi connectivity index (χ0) is 13.8. The topological polar surface area (TPSA) is 100 Å². The maximum absolute atomic E-state index is 10.8. The number of rotatable bonds is 6. The molecule has 0 amide bonds. The Morgan fingerprint density at radius 1 is 1.58 bits per heavy atom. The summed E-state index contributed by atoms with van der Waals surface area (Å²) in [5, 5.41) is 17.9. The second kappa shape index (κ2) is 5.48. The van der Waals surface area contributed by atoms with Gasteiger partial charge >= 0.3 is 5.82 Å². The van der Waals surface area contributed by atoms with E-state index in [1.165, 1.54) is 6.33 Å². The van der Waals surface area contributed by atoms with Gasteiger partial charge in [0.15, 0.2) is 0 Å². The average Bonchev–Trinajstić information content (AvgIpc) is 2.96. The highest BCUT2D eigenvalue weighted by Gasteiger charge is 2.20. The highest BCUT2D eigenvalue weighted by Crippen LogP contribution is 2.24. The van der Waals surface area contributed by atoms with E-state index in [2.05, 4.69) is 15.4 Å². The first-order chi connectivity index (χ1) is 9.11. The number of aryl methyl sites for hydroxylation is 1. The summed E-state index contributed by atoms with van der Waals surface area (Å²) in [5.41, 5.74) is 0.655. The molecular formula is C10H14N6O3. The largest absolute Gasteiger partial charge is 0.406 e. The normalized spacial score (nSPS) is 10.6. The molecule has 0 aliphatic rings. The number of nitro groups is 1. The summed E-state index contributed by atoms with van der Waals surface area (Å²) in [6.07, 6.45) is 4.72. The molecule has 0 radical (unpaired) electrons. The fourth-order valence-electron chi connectivity index (χ4n) is 1.57. The highest BCUT2D eigenvalue weighted by atomic mass is 16.6. The first-order valence-corrected chi connectivity index (χ1v) is 5.56. The fourth-order valence-corrected chi connectivity index (χ4v) is 1.57. The van der Waals surface area contributed by atoms with Crippen LogP contribution < -0.4 is 5.32 Å². The predicted molar refractivity (Wildman–Crippen MR) is 67.2 cm³/mol. The molecule has 2 rings (SSSR count). The Kier molecular flexibility index (Phi) is 3.76. The van der Waals surface area contributed by atoms with E-state index in [-0.39, 0.29) is 5.82 Å². The lowest BCUT2D eigenvalue weighted by atomic mass is 10.5. The van der Waals surface area contributed by atoms with Crippen LogP contribution in [0.5, 0.6) is 0 Å². The van der Waals surface area contributed by atoms with Crippen LogP contribution >= 0.6 is 0 Å². The zero-order valence-corrected chi connectivity index (χ0v) is 10.6. The van der Waals surface area contributed by atoms with Crippen LogP contribution in [0, 0.1) is 10.1 Å². The van der Waals surface area contributed by atoms with Gasteiger partial charge in [0.25, 0.3) is 0 Å². The van der Waals surface area contributed by atoms with Gasteiger partial charge in [0.05, 0.1) is 25.0 Å². The van der Waals surface area contributed by atoms with Crippen molar-refractivity contribution in [1.82, 2.24) is 19.3 Å². The van der Waals surface area contributed by atoms with Crippen molar-refractivity contribution < 1.29 is 9.66 Å². The average molecular weight is 266 g/mol. The van der Waals surface area contributed by atoms with Crippen LogP contribution in [0.15, 0.2) is 18.7 Å². The Morgan fingerprint density at radius 3 is 3.05 bits per heavy atom. The molecule has 2 aromatic rings. The molecule has 0 saturated heterocycles. The summed E-state index contributed by atoms with van der Waals surface area (Å²) in [6, 6.07) is 0. The number of ether oxygens (including phenoxy) is 1. The summed E-state index contributed by atoms with van der Waals surface area (Å²) in [6.45, 7) is 1.17. The highest BCUT2D eigenvalue weighted by molar-refractivity contribution is 5.62. The minimum atomic E-state index is -0.530. The van der Waals surface area contributed by atoms with E-state index in [0.29, 0.717) is 24.7 Å². The van der Waals surface area contributed by atoms with Gasteiger partial charge in [-0.25, -0.2) is 0 Å². The van der Waals surface area contributed by atoms with Gasteiger partial charge in [-0.1, -0.05) is 0 Å². The van der Waals surface area contributed by atoms with E-state index in [1.54, 1.807) is 35.8 Å². The SMILES string of the molecule is COCCn1cc(Nc2c([N+](=O)[O-])ncn2C)cn1. The lowest BCUT2D eigenvalue weighted by Gasteiger charge is -2.03. The molecule has 19 heavy (non-hydrogen) atoms. The second-order valence-electron chi connectivity index (χ2n) is 3.89. The molecule has 1 N–H and O–H groups in total. The van der Waals surface area contributed by atoms with Gasteiger partial charge in [0.1, 0.15) is 0 Å². The predicted octanol–water partition coefficient (Wildman–Crippen LogP) is 0.915. The van der Waals surface area contributed by atoms with Gasteiger partial charge in [-0.05, 0) is 9.91 Å². The molecule has 0 aliphatic heterocycles. The molecule has 2 aromatic heterocycles. The van der Waals surface area contributed by atoms with E-state index >= 15 is 0 Å².